The molecule has 0 aliphatic heterocycles. The van der Waals surface area contributed by atoms with E-state index in [1.165, 1.54) is 22.3 Å². The maximum atomic E-state index is 2.57. The minimum absolute atomic E-state index is 0. The van der Waals surface area contributed by atoms with E-state index in [1.807, 2.05) is 0 Å². The third-order valence-corrected chi connectivity index (χ3v) is 16.0. The summed E-state index contributed by atoms with van der Waals surface area (Å²) in [5, 5.41) is 0. The van der Waals surface area contributed by atoms with Crippen LogP contribution in [0.3, 0.4) is 0 Å². The molecule has 4 rings (SSSR count). The third kappa shape index (κ3) is 3.71. The van der Waals surface area contributed by atoms with E-state index in [1.54, 1.807) is 33.4 Å². The molecular formula is C24H28Cl2SiZr. The van der Waals surface area contributed by atoms with E-state index in [4.69, 9.17) is 0 Å². The summed E-state index contributed by atoms with van der Waals surface area (Å²) in [6.07, 6.45) is 8.02. The number of hydrogen-bond donors (Lipinski definition) is 0. The van der Waals surface area contributed by atoms with Gasteiger partial charge in [0.2, 0.25) is 0 Å². The van der Waals surface area contributed by atoms with Gasteiger partial charge < -0.3 is 24.8 Å². The molecule has 2 aromatic carbocycles. The van der Waals surface area contributed by atoms with Gasteiger partial charge in [0, 0.05) is 0 Å². The molecule has 4 heteroatoms. The van der Waals surface area contributed by atoms with Crippen LogP contribution in [0.15, 0.2) is 36.4 Å². The summed E-state index contributed by atoms with van der Waals surface area (Å²) in [6.45, 7) is 14.5. The second-order valence-corrected chi connectivity index (χ2v) is 23.2. The van der Waals surface area contributed by atoms with Crippen LogP contribution in [0.4, 0.5) is 0 Å². The van der Waals surface area contributed by atoms with Crippen LogP contribution in [0.25, 0.3) is 16.7 Å². The summed E-state index contributed by atoms with van der Waals surface area (Å²) in [7, 11) is 0. The van der Waals surface area contributed by atoms with Gasteiger partial charge in [0.25, 0.3) is 0 Å². The fourth-order valence-corrected chi connectivity index (χ4v) is 14.6. The molecule has 0 bridgehead atoms. The van der Waals surface area contributed by atoms with Gasteiger partial charge in [-0.05, 0) is 0 Å². The summed E-state index contributed by atoms with van der Waals surface area (Å²) in [5.41, 5.74) is 15.7. The molecule has 0 aromatic heterocycles. The normalized spacial score (nSPS) is 16.1. The number of benzene rings is 2. The molecule has 1 unspecified atom stereocenters. The summed E-state index contributed by atoms with van der Waals surface area (Å²) in [5.74, 6) is -0.520. The molecular weight excluding hydrogens is 478 g/mol. The monoisotopic (exact) mass is 504 g/mol. The van der Waals surface area contributed by atoms with E-state index < -0.39 is 28.3 Å². The van der Waals surface area contributed by atoms with Crippen molar-refractivity contribution in [3.05, 3.63) is 75.4 Å². The Morgan fingerprint density at radius 3 is 2.18 bits per heavy atom. The Labute approximate surface area is 194 Å². The Morgan fingerprint density at radius 2 is 1.57 bits per heavy atom. The zero-order chi connectivity index (χ0) is 18.6. The quantitative estimate of drug-likeness (QED) is 0.529. The number of halogens is 2. The molecule has 28 heavy (non-hydrogen) atoms. The minimum atomic E-state index is -0.520. The first kappa shape index (κ1) is 23.9. The maximum absolute atomic E-state index is 2.57. The van der Waals surface area contributed by atoms with Crippen LogP contribution in [0.2, 0.25) is 13.1 Å². The average molecular weight is 507 g/mol. The average Bonchev–Trinajstić information content (AvgIpc) is 3.21. The van der Waals surface area contributed by atoms with E-state index in [0.29, 0.717) is 0 Å². The van der Waals surface area contributed by atoms with E-state index >= 15 is 0 Å². The van der Waals surface area contributed by atoms with Gasteiger partial charge in [0.05, 0.1) is 0 Å². The molecule has 0 spiro atoms. The standard InChI is InChI=1S/C22H21.C2H7Si.2ClH.Zr/c1-13-8-7-11-18-12-19-21(17-9-5-6-10-17)15(3)14(2)16(4)22(19)20(13)18;1-3-2;;;/h5-9,11-12H,10H2,1-4H3;3H,1-2H3;2*1H;/q;;;;+2/p-2. The molecule has 0 saturated heterocycles. The number of fused-ring (bicyclic) bond motifs is 3. The predicted molar refractivity (Wildman–Crippen MR) is 113 cm³/mol. The van der Waals surface area contributed by atoms with Crippen molar-refractivity contribution in [1.29, 1.82) is 0 Å². The van der Waals surface area contributed by atoms with Gasteiger partial charge in [-0.25, -0.2) is 0 Å². The maximum Gasteiger partial charge on any atom is -1.00 e. The molecule has 0 heterocycles. The van der Waals surface area contributed by atoms with Crippen LogP contribution < -0.4 is 24.8 Å². The van der Waals surface area contributed by atoms with Gasteiger partial charge in [-0.3, -0.25) is 0 Å². The van der Waals surface area contributed by atoms with Gasteiger partial charge in [-0.2, -0.15) is 0 Å². The van der Waals surface area contributed by atoms with E-state index in [9.17, 15) is 0 Å². The minimum Gasteiger partial charge on any atom is -1.00 e. The SMILES string of the molecule is Cc1cccc2c1-c1c(C)c(C)c(C)c(C3=CC=CC3)c1[CH]2[Zr+2][SiH](C)C.[Cl-].[Cl-]. The molecule has 0 amide bonds. The van der Waals surface area contributed by atoms with Gasteiger partial charge in [-0.1, -0.05) is 0 Å². The molecule has 0 saturated carbocycles. The third-order valence-electron chi connectivity index (χ3n) is 6.16. The van der Waals surface area contributed by atoms with Gasteiger partial charge in [-0.15, -0.1) is 0 Å². The van der Waals surface area contributed by atoms with Gasteiger partial charge in [0.1, 0.15) is 0 Å². The fraction of sp³-hybridized carbons (Fsp3) is 0.333. The van der Waals surface area contributed by atoms with Crippen LogP contribution in [0.5, 0.6) is 0 Å². The molecule has 2 aromatic rings. The zero-order valence-electron chi connectivity index (χ0n) is 17.6. The summed E-state index contributed by atoms with van der Waals surface area (Å²) in [6, 6.07) is 7.05. The Kier molecular flexibility index (Phi) is 7.82. The van der Waals surface area contributed by atoms with E-state index in [0.717, 1.165) is 10.0 Å². The molecule has 2 aliphatic carbocycles. The largest absolute Gasteiger partial charge is 1.00 e. The Hall–Kier alpha value is -0.400. The Balaban J connectivity index is 0.00000140. The van der Waals surface area contributed by atoms with Crippen LogP contribution in [0.1, 0.15) is 49.0 Å². The Morgan fingerprint density at radius 1 is 0.893 bits per heavy atom. The molecule has 0 N–H and O–H groups in total. The molecule has 1 atom stereocenters. The number of rotatable bonds is 3. The van der Waals surface area contributed by atoms with Crippen molar-refractivity contribution in [2.45, 2.75) is 50.8 Å². The van der Waals surface area contributed by atoms with Crippen molar-refractivity contribution in [3.8, 4) is 11.1 Å². The summed E-state index contributed by atoms with van der Waals surface area (Å²) >= 11 is -0.442. The number of aryl methyl sites for hydroxylation is 1. The number of hydrogen-bond acceptors (Lipinski definition) is 0. The second-order valence-electron chi connectivity index (χ2n) is 8.16. The smallest absolute Gasteiger partial charge is 1.00 e. The second kappa shape index (κ2) is 9.17. The predicted octanol–water partition coefficient (Wildman–Crippen LogP) is 0.407. The first-order valence-corrected chi connectivity index (χ1v) is 18.3. The zero-order valence-corrected chi connectivity index (χ0v) is 22.7. The van der Waals surface area contributed by atoms with Crippen molar-refractivity contribution in [1.82, 2.24) is 0 Å². The van der Waals surface area contributed by atoms with Crippen LogP contribution >= 0.6 is 0 Å². The topological polar surface area (TPSA) is 0 Å². The van der Waals surface area contributed by atoms with Gasteiger partial charge >= 0.3 is 171 Å². The number of allylic oxidation sites excluding steroid dienone is 4. The van der Waals surface area contributed by atoms with Crippen molar-refractivity contribution in [2.24, 2.45) is 0 Å². The summed E-state index contributed by atoms with van der Waals surface area (Å²) in [4.78, 5) is 0. The first-order valence-electron chi connectivity index (χ1n) is 9.77. The van der Waals surface area contributed by atoms with Crippen molar-refractivity contribution in [2.75, 3.05) is 0 Å². The van der Waals surface area contributed by atoms with Crippen LogP contribution in [-0.2, 0) is 22.4 Å². The van der Waals surface area contributed by atoms with Gasteiger partial charge in [0.15, 0.2) is 0 Å². The molecule has 146 valence electrons. The van der Waals surface area contributed by atoms with E-state index in [-0.39, 0.29) is 24.8 Å². The van der Waals surface area contributed by atoms with Crippen molar-refractivity contribution in [3.63, 3.8) is 0 Å². The van der Waals surface area contributed by atoms with E-state index in [2.05, 4.69) is 77.2 Å². The summed E-state index contributed by atoms with van der Waals surface area (Å²) < 4.78 is 0.754. The molecule has 0 fully saturated rings. The molecule has 0 radical (unpaired) electrons. The molecule has 0 nitrogen and oxygen atoms in total. The van der Waals surface area contributed by atoms with Crippen LogP contribution in [-0.4, -0.2) is 5.92 Å². The van der Waals surface area contributed by atoms with Crippen LogP contribution in [0, 0.1) is 27.7 Å². The van der Waals surface area contributed by atoms with Crippen molar-refractivity contribution >= 4 is 11.5 Å². The fourth-order valence-electron chi connectivity index (χ4n) is 4.78. The molecule has 2 aliphatic rings. The Bertz CT molecular complexity index is 973. The van der Waals surface area contributed by atoms with Crippen molar-refractivity contribution < 1.29 is 47.2 Å². The first-order chi connectivity index (χ1) is 12.4.